The molecule has 0 spiro atoms. The number of aromatic nitrogens is 1. The van der Waals surface area contributed by atoms with Gasteiger partial charge in [-0.2, -0.15) is 0 Å². The molecule has 4 nitrogen and oxygen atoms in total. The number of hydrogen-bond acceptors (Lipinski definition) is 3. The van der Waals surface area contributed by atoms with Gasteiger partial charge in [-0.3, -0.25) is 4.72 Å². The van der Waals surface area contributed by atoms with E-state index in [1.807, 2.05) is 6.92 Å². The quantitative estimate of drug-likeness (QED) is 0.686. The maximum Gasteiger partial charge on any atom is 0.263 e. The van der Waals surface area contributed by atoms with Crippen LogP contribution in [0.2, 0.25) is 10.2 Å². The van der Waals surface area contributed by atoms with Crippen LogP contribution in [0, 0.1) is 6.92 Å². The largest absolute Gasteiger partial charge is 0.280 e. The molecule has 1 aromatic heterocycles. The summed E-state index contributed by atoms with van der Waals surface area (Å²) in [5, 5.41) is 1.12. The second-order valence-electron chi connectivity index (χ2n) is 5.03. The van der Waals surface area contributed by atoms with Crippen LogP contribution >= 0.6 is 23.2 Å². The number of nitrogens with zero attached hydrogens (tertiary/aromatic N) is 1. The highest BCUT2D eigenvalue weighted by Crippen LogP contribution is 2.30. The summed E-state index contributed by atoms with van der Waals surface area (Å²) in [7, 11) is -3.81. The molecule has 0 unspecified atom stereocenters. The molecule has 3 rings (SSSR count). The number of hydrogen-bond donors (Lipinski definition) is 1. The number of fused-ring (bicyclic) bond motifs is 1. The van der Waals surface area contributed by atoms with Gasteiger partial charge in [-0.1, -0.05) is 41.4 Å². The van der Waals surface area contributed by atoms with Crippen LogP contribution in [-0.2, 0) is 10.0 Å². The van der Waals surface area contributed by atoms with Crippen molar-refractivity contribution in [1.82, 2.24) is 4.98 Å². The van der Waals surface area contributed by atoms with Crippen molar-refractivity contribution < 1.29 is 8.42 Å². The lowest BCUT2D eigenvalue weighted by Gasteiger charge is -2.11. The fraction of sp³-hybridized carbons (Fsp3) is 0.0625. The zero-order valence-electron chi connectivity index (χ0n) is 12.0. The van der Waals surface area contributed by atoms with Gasteiger partial charge in [-0.25, -0.2) is 13.4 Å². The van der Waals surface area contributed by atoms with Crippen molar-refractivity contribution in [2.45, 2.75) is 11.8 Å². The van der Waals surface area contributed by atoms with Gasteiger partial charge < -0.3 is 0 Å². The van der Waals surface area contributed by atoms with Gasteiger partial charge in [-0.05, 0) is 42.8 Å². The average molecular weight is 367 g/mol. The Kier molecular flexibility index (Phi) is 4.19. The van der Waals surface area contributed by atoms with E-state index in [1.54, 1.807) is 36.4 Å². The second kappa shape index (κ2) is 6.00. The summed E-state index contributed by atoms with van der Waals surface area (Å²) in [6, 6.07) is 13.3. The van der Waals surface area contributed by atoms with Crippen LogP contribution in [0.5, 0.6) is 0 Å². The molecule has 1 N–H and O–H groups in total. The predicted octanol–water partition coefficient (Wildman–Crippen LogP) is 4.65. The molecule has 7 heteroatoms. The van der Waals surface area contributed by atoms with Crippen LogP contribution in [0.3, 0.4) is 0 Å². The molecule has 0 amide bonds. The van der Waals surface area contributed by atoms with Crippen LogP contribution in [0.25, 0.3) is 10.9 Å². The van der Waals surface area contributed by atoms with E-state index in [0.29, 0.717) is 21.7 Å². The molecule has 0 radical (unpaired) electrons. The first-order valence-electron chi connectivity index (χ1n) is 6.71. The standard InChI is InChI=1S/C16H12Cl2N2O2S/c1-10-7-16(18)19-14-9-13(17)15(8-12(10)14)23(21,22)20-11-5-3-2-4-6-11/h2-9,20H,1H3. The minimum atomic E-state index is -3.81. The second-order valence-corrected chi connectivity index (χ2v) is 7.48. The van der Waals surface area contributed by atoms with Crippen LogP contribution < -0.4 is 4.72 Å². The Morgan fingerprint density at radius 1 is 1.04 bits per heavy atom. The van der Waals surface area contributed by atoms with Gasteiger partial charge in [0.25, 0.3) is 10.0 Å². The highest BCUT2D eigenvalue weighted by molar-refractivity contribution is 7.92. The molecule has 2 aromatic carbocycles. The van der Waals surface area contributed by atoms with Crippen molar-refractivity contribution in [3.05, 3.63) is 64.3 Å². The summed E-state index contributed by atoms with van der Waals surface area (Å²) in [6.07, 6.45) is 0. The van der Waals surface area contributed by atoms with Gasteiger partial charge in [0.15, 0.2) is 0 Å². The van der Waals surface area contributed by atoms with Crippen molar-refractivity contribution in [2.24, 2.45) is 0 Å². The van der Waals surface area contributed by atoms with E-state index >= 15 is 0 Å². The SMILES string of the molecule is Cc1cc(Cl)nc2cc(Cl)c(S(=O)(=O)Nc3ccccc3)cc12. The molecule has 0 aliphatic heterocycles. The van der Waals surface area contributed by atoms with E-state index in [9.17, 15) is 8.42 Å². The summed E-state index contributed by atoms with van der Waals surface area (Å²) >= 11 is 12.1. The summed E-state index contributed by atoms with van der Waals surface area (Å²) < 4.78 is 27.7. The molecule has 0 aliphatic carbocycles. The van der Waals surface area contributed by atoms with Gasteiger partial charge in [0, 0.05) is 11.1 Å². The zero-order chi connectivity index (χ0) is 16.6. The molecule has 118 valence electrons. The molecule has 0 saturated heterocycles. The normalized spacial score (nSPS) is 11.6. The highest BCUT2D eigenvalue weighted by Gasteiger charge is 2.20. The van der Waals surface area contributed by atoms with Gasteiger partial charge in [0.2, 0.25) is 0 Å². The fourth-order valence-corrected chi connectivity index (χ4v) is 4.14. The Morgan fingerprint density at radius 3 is 2.43 bits per heavy atom. The van der Waals surface area contributed by atoms with Crippen LogP contribution in [0.1, 0.15) is 5.56 Å². The lowest BCUT2D eigenvalue weighted by atomic mass is 10.1. The number of nitrogens with one attached hydrogen (secondary N) is 1. The first-order chi connectivity index (χ1) is 10.9. The lowest BCUT2D eigenvalue weighted by molar-refractivity contribution is 0.601. The zero-order valence-corrected chi connectivity index (χ0v) is 14.4. The summed E-state index contributed by atoms with van der Waals surface area (Å²) in [4.78, 5) is 4.17. The van der Waals surface area contributed by atoms with Crippen molar-refractivity contribution in [3.63, 3.8) is 0 Å². The van der Waals surface area contributed by atoms with Crippen LogP contribution in [0.15, 0.2) is 53.4 Å². The molecule has 0 saturated carbocycles. The van der Waals surface area contributed by atoms with Gasteiger partial charge in [0.05, 0.1) is 10.5 Å². The molecule has 0 atom stereocenters. The minimum Gasteiger partial charge on any atom is -0.280 e. The fourth-order valence-electron chi connectivity index (χ4n) is 2.28. The molecule has 3 aromatic rings. The Morgan fingerprint density at radius 2 is 1.74 bits per heavy atom. The first kappa shape index (κ1) is 16.1. The number of para-hydroxylation sites is 1. The van der Waals surface area contributed by atoms with E-state index in [0.717, 1.165) is 5.56 Å². The number of aryl methyl sites for hydroxylation is 1. The van der Waals surface area contributed by atoms with Crippen molar-refractivity contribution >= 4 is 49.8 Å². The Hall–Kier alpha value is -1.82. The van der Waals surface area contributed by atoms with E-state index < -0.39 is 10.0 Å². The lowest BCUT2D eigenvalue weighted by Crippen LogP contribution is -2.13. The number of rotatable bonds is 3. The van der Waals surface area contributed by atoms with Crippen LogP contribution in [0.4, 0.5) is 5.69 Å². The minimum absolute atomic E-state index is 0.00254. The third-order valence-electron chi connectivity index (χ3n) is 3.35. The third kappa shape index (κ3) is 3.27. The van der Waals surface area contributed by atoms with E-state index in [-0.39, 0.29) is 9.92 Å². The number of sulfonamides is 1. The van der Waals surface area contributed by atoms with Crippen molar-refractivity contribution in [2.75, 3.05) is 4.72 Å². The Bertz CT molecular complexity index is 990. The van der Waals surface area contributed by atoms with Crippen LogP contribution in [-0.4, -0.2) is 13.4 Å². The van der Waals surface area contributed by atoms with E-state index in [1.165, 1.54) is 12.1 Å². The maximum absolute atomic E-state index is 12.6. The smallest absolute Gasteiger partial charge is 0.263 e. The molecular weight excluding hydrogens is 355 g/mol. The third-order valence-corrected chi connectivity index (χ3v) is 5.39. The first-order valence-corrected chi connectivity index (χ1v) is 8.95. The maximum atomic E-state index is 12.6. The molecule has 23 heavy (non-hydrogen) atoms. The highest BCUT2D eigenvalue weighted by atomic mass is 35.5. The van der Waals surface area contributed by atoms with Gasteiger partial charge in [-0.15, -0.1) is 0 Å². The molecule has 0 fully saturated rings. The van der Waals surface area contributed by atoms with E-state index in [4.69, 9.17) is 23.2 Å². The molecule has 0 aliphatic rings. The Labute approximate surface area is 144 Å². The van der Waals surface area contributed by atoms with Crippen molar-refractivity contribution in [3.8, 4) is 0 Å². The summed E-state index contributed by atoms with van der Waals surface area (Å²) in [5.74, 6) is 0. The van der Waals surface area contributed by atoms with Gasteiger partial charge in [0.1, 0.15) is 10.0 Å². The number of benzene rings is 2. The Balaban J connectivity index is 2.14. The molecule has 1 heterocycles. The molecular formula is C16H12Cl2N2O2S. The predicted molar refractivity (Wildman–Crippen MR) is 93.8 cm³/mol. The number of pyridine rings is 1. The number of anilines is 1. The number of halogens is 2. The van der Waals surface area contributed by atoms with E-state index in [2.05, 4.69) is 9.71 Å². The molecule has 0 bridgehead atoms. The topological polar surface area (TPSA) is 59.1 Å². The van der Waals surface area contributed by atoms with Crippen molar-refractivity contribution in [1.29, 1.82) is 0 Å². The summed E-state index contributed by atoms with van der Waals surface area (Å²) in [5.41, 5.74) is 1.85. The monoisotopic (exact) mass is 366 g/mol. The summed E-state index contributed by atoms with van der Waals surface area (Å²) in [6.45, 7) is 1.84. The van der Waals surface area contributed by atoms with Gasteiger partial charge >= 0.3 is 0 Å². The average Bonchev–Trinajstić information content (AvgIpc) is 2.46.